The molecule has 0 aromatic heterocycles. The Kier molecular flexibility index (Phi) is 3.47. The number of carbonyl (C=O) groups is 2. The smallest absolute Gasteiger partial charge is 0.265 e. The molecule has 0 bridgehead atoms. The van der Waals surface area contributed by atoms with Crippen LogP contribution in [0.3, 0.4) is 0 Å². The zero-order chi connectivity index (χ0) is 13.3. The fraction of sp³-hybridized carbons (Fsp3) is 0.417. The standard InChI is InChI=1S/C12H15N3O2S/c1-3-15-11(17)9(10(16)13-12(15)18)7-8-5-4-6-14(8)2/h5,7H,3-4,6H2,1-2H3,(H,13,16,18)/b9-7+. The lowest BCUT2D eigenvalue weighted by atomic mass is 10.1. The van der Waals surface area contributed by atoms with Gasteiger partial charge in [-0.1, -0.05) is 6.08 Å². The second-order valence-corrected chi connectivity index (χ2v) is 4.59. The number of hydrogen-bond donors (Lipinski definition) is 1. The van der Waals surface area contributed by atoms with Crippen LogP contribution in [0.1, 0.15) is 13.3 Å². The summed E-state index contributed by atoms with van der Waals surface area (Å²) in [5.74, 6) is -0.747. The molecule has 5 nitrogen and oxygen atoms in total. The number of amides is 2. The minimum absolute atomic E-state index is 0.144. The van der Waals surface area contributed by atoms with Crippen LogP contribution in [-0.2, 0) is 9.59 Å². The lowest BCUT2D eigenvalue weighted by molar-refractivity contribution is -0.128. The Morgan fingerprint density at radius 3 is 2.78 bits per heavy atom. The van der Waals surface area contributed by atoms with Crippen molar-refractivity contribution >= 4 is 29.1 Å². The predicted octanol–water partition coefficient (Wildman–Crippen LogP) is 0.395. The summed E-state index contributed by atoms with van der Waals surface area (Å²) in [6, 6.07) is 0. The van der Waals surface area contributed by atoms with E-state index in [1.807, 2.05) is 24.9 Å². The third kappa shape index (κ3) is 2.15. The van der Waals surface area contributed by atoms with E-state index in [0.29, 0.717) is 6.54 Å². The Morgan fingerprint density at radius 1 is 1.50 bits per heavy atom. The van der Waals surface area contributed by atoms with E-state index in [0.717, 1.165) is 18.7 Å². The van der Waals surface area contributed by atoms with E-state index in [-0.39, 0.29) is 16.6 Å². The molecule has 2 heterocycles. The third-order valence-corrected chi connectivity index (χ3v) is 3.38. The van der Waals surface area contributed by atoms with Crippen molar-refractivity contribution < 1.29 is 9.59 Å². The Bertz CT molecular complexity index is 482. The van der Waals surface area contributed by atoms with Gasteiger partial charge in [0.25, 0.3) is 11.8 Å². The lowest BCUT2D eigenvalue weighted by Crippen LogP contribution is -2.53. The summed E-state index contributed by atoms with van der Waals surface area (Å²) in [6.07, 6.45) is 4.58. The van der Waals surface area contributed by atoms with Crippen LogP contribution in [0, 0.1) is 0 Å². The summed E-state index contributed by atoms with van der Waals surface area (Å²) >= 11 is 4.96. The number of allylic oxidation sites excluding steroid dienone is 1. The van der Waals surface area contributed by atoms with Gasteiger partial charge in [0.05, 0.1) is 0 Å². The van der Waals surface area contributed by atoms with Gasteiger partial charge in [0.15, 0.2) is 5.11 Å². The van der Waals surface area contributed by atoms with E-state index in [9.17, 15) is 9.59 Å². The number of nitrogens with one attached hydrogen (secondary N) is 1. The van der Waals surface area contributed by atoms with Gasteiger partial charge in [-0.05, 0) is 31.6 Å². The normalized spacial score (nSPS) is 22.7. The summed E-state index contributed by atoms with van der Waals surface area (Å²) in [4.78, 5) is 27.3. The number of likely N-dealkylation sites (N-methyl/N-ethyl adjacent to an activating group) is 2. The molecular formula is C12H15N3O2S. The van der Waals surface area contributed by atoms with E-state index >= 15 is 0 Å². The first-order chi connectivity index (χ1) is 8.54. The zero-order valence-corrected chi connectivity index (χ0v) is 11.2. The van der Waals surface area contributed by atoms with Crippen molar-refractivity contribution in [2.75, 3.05) is 20.1 Å². The van der Waals surface area contributed by atoms with Crippen molar-refractivity contribution in [3.63, 3.8) is 0 Å². The quantitative estimate of drug-likeness (QED) is 0.446. The molecule has 18 heavy (non-hydrogen) atoms. The van der Waals surface area contributed by atoms with Gasteiger partial charge < -0.3 is 4.90 Å². The minimum Gasteiger partial charge on any atom is -0.375 e. The first kappa shape index (κ1) is 12.8. The number of hydrogen-bond acceptors (Lipinski definition) is 4. The van der Waals surface area contributed by atoms with Gasteiger partial charge in [-0.3, -0.25) is 19.8 Å². The lowest BCUT2D eigenvalue weighted by Gasteiger charge is -2.28. The fourth-order valence-electron chi connectivity index (χ4n) is 1.99. The van der Waals surface area contributed by atoms with Crippen LogP contribution in [0.25, 0.3) is 0 Å². The van der Waals surface area contributed by atoms with Crippen LogP contribution in [0.2, 0.25) is 0 Å². The van der Waals surface area contributed by atoms with Crippen LogP contribution in [-0.4, -0.2) is 46.9 Å². The summed E-state index contributed by atoms with van der Waals surface area (Å²) in [5, 5.41) is 2.71. The van der Waals surface area contributed by atoms with E-state index in [4.69, 9.17) is 12.2 Å². The molecule has 0 aromatic carbocycles. The minimum atomic E-state index is -0.420. The molecule has 2 rings (SSSR count). The predicted molar refractivity (Wildman–Crippen MR) is 71.5 cm³/mol. The molecule has 96 valence electrons. The van der Waals surface area contributed by atoms with Gasteiger partial charge in [-0.2, -0.15) is 0 Å². The molecule has 0 aliphatic carbocycles. The van der Waals surface area contributed by atoms with Crippen molar-refractivity contribution in [1.29, 1.82) is 0 Å². The number of nitrogens with zero attached hydrogens (tertiary/aromatic N) is 2. The fourth-order valence-corrected chi connectivity index (χ4v) is 2.29. The molecule has 0 atom stereocenters. The highest BCUT2D eigenvalue weighted by Gasteiger charge is 2.32. The number of carbonyl (C=O) groups excluding carboxylic acids is 2. The molecule has 2 amide bonds. The first-order valence-electron chi connectivity index (χ1n) is 5.84. The molecule has 0 radical (unpaired) electrons. The largest absolute Gasteiger partial charge is 0.375 e. The van der Waals surface area contributed by atoms with Crippen molar-refractivity contribution in [3.05, 3.63) is 23.4 Å². The van der Waals surface area contributed by atoms with Crippen molar-refractivity contribution in [1.82, 2.24) is 15.1 Å². The topological polar surface area (TPSA) is 52.7 Å². The molecule has 1 N–H and O–H groups in total. The van der Waals surface area contributed by atoms with Crippen LogP contribution >= 0.6 is 12.2 Å². The summed E-state index contributed by atoms with van der Waals surface area (Å²) in [6.45, 7) is 3.18. The van der Waals surface area contributed by atoms with Gasteiger partial charge in [0.1, 0.15) is 5.57 Å². The molecular weight excluding hydrogens is 250 g/mol. The second-order valence-electron chi connectivity index (χ2n) is 4.21. The maximum Gasteiger partial charge on any atom is 0.265 e. The van der Waals surface area contributed by atoms with Crippen LogP contribution in [0.5, 0.6) is 0 Å². The number of rotatable bonds is 2. The van der Waals surface area contributed by atoms with E-state index < -0.39 is 5.91 Å². The Hall–Kier alpha value is -1.69. The van der Waals surface area contributed by atoms with Crippen LogP contribution in [0.15, 0.2) is 23.4 Å². The average molecular weight is 265 g/mol. The van der Waals surface area contributed by atoms with E-state index in [2.05, 4.69) is 5.32 Å². The molecule has 2 aliphatic rings. The van der Waals surface area contributed by atoms with E-state index in [1.165, 1.54) is 4.90 Å². The third-order valence-electron chi connectivity index (χ3n) is 3.05. The Balaban J connectivity index is 2.31. The average Bonchev–Trinajstić information content (AvgIpc) is 2.70. The molecule has 1 saturated heterocycles. The molecule has 6 heteroatoms. The van der Waals surface area contributed by atoms with Crippen molar-refractivity contribution in [2.45, 2.75) is 13.3 Å². The molecule has 0 saturated carbocycles. The van der Waals surface area contributed by atoms with E-state index in [1.54, 1.807) is 6.08 Å². The van der Waals surface area contributed by atoms with Crippen molar-refractivity contribution in [3.8, 4) is 0 Å². The van der Waals surface area contributed by atoms with Crippen LogP contribution < -0.4 is 5.32 Å². The van der Waals surface area contributed by atoms with Crippen molar-refractivity contribution in [2.24, 2.45) is 0 Å². The van der Waals surface area contributed by atoms with Gasteiger partial charge >= 0.3 is 0 Å². The van der Waals surface area contributed by atoms with Gasteiger partial charge in [0, 0.05) is 25.8 Å². The summed E-state index contributed by atoms with van der Waals surface area (Å²) < 4.78 is 0. The Morgan fingerprint density at radius 2 is 2.22 bits per heavy atom. The molecule has 0 spiro atoms. The number of thiocarbonyl (C=S) groups is 1. The molecule has 1 fully saturated rings. The maximum atomic E-state index is 12.1. The summed E-state index contributed by atoms with van der Waals surface area (Å²) in [7, 11) is 1.93. The van der Waals surface area contributed by atoms with Crippen LogP contribution in [0.4, 0.5) is 0 Å². The zero-order valence-electron chi connectivity index (χ0n) is 10.4. The molecule has 2 aliphatic heterocycles. The van der Waals surface area contributed by atoms with Gasteiger partial charge in [-0.25, -0.2) is 0 Å². The highest BCUT2D eigenvalue weighted by atomic mass is 32.1. The highest BCUT2D eigenvalue weighted by Crippen LogP contribution is 2.18. The monoisotopic (exact) mass is 265 g/mol. The highest BCUT2D eigenvalue weighted by molar-refractivity contribution is 7.80. The SMILES string of the molecule is CCN1C(=O)/C(=C/C2=CCCN2C)C(=O)NC1=S. The molecule has 0 unspecified atom stereocenters. The summed E-state index contributed by atoms with van der Waals surface area (Å²) in [5.41, 5.74) is 1.04. The Labute approximate surface area is 111 Å². The first-order valence-corrected chi connectivity index (χ1v) is 6.25. The van der Waals surface area contributed by atoms with Gasteiger partial charge in [0.2, 0.25) is 0 Å². The second kappa shape index (κ2) is 4.89. The molecule has 0 aromatic rings. The maximum absolute atomic E-state index is 12.1. The van der Waals surface area contributed by atoms with Gasteiger partial charge in [-0.15, -0.1) is 0 Å².